The average Bonchev–Trinajstić information content (AvgIpc) is 2.57. The van der Waals surface area contributed by atoms with Crippen molar-refractivity contribution in [2.75, 3.05) is 17.2 Å². The van der Waals surface area contributed by atoms with Gasteiger partial charge in [-0.05, 0) is 49.3 Å². The Morgan fingerprint density at radius 2 is 1.68 bits per heavy atom. The van der Waals surface area contributed by atoms with E-state index in [9.17, 15) is 14.9 Å². The Bertz CT molecular complexity index is 786. The number of amides is 1. The number of nitro benzene ring substituents is 1. The van der Waals surface area contributed by atoms with Gasteiger partial charge in [-0.15, -0.1) is 0 Å². The quantitative estimate of drug-likeness (QED) is 0.432. The monoisotopic (exact) mass is 358 g/mol. The molecule has 2 aromatic carbocycles. The van der Waals surface area contributed by atoms with Gasteiger partial charge in [0.25, 0.3) is 5.69 Å². The first-order valence-electron chi connectivity index (χ1n) is 7.52. The fourth-order valence-corrected chi connectivity index (χ4v) is 2.39. The molecule has 25 heavy (non-hydrogen) atoms. The molecule has 0 saturated heterocycles. The molecule has 0 spiro atoms. The van der Waals surface area contributed by atoms with Gasteiger partial charge < -0.3 is 16.0 Å². The van der Waals surface area contributed by atoms with Crippen LogP contribution < -0.4 is 16.0 Å². The van der Waals surface area contributed by atoms with Crippen LogP contribution in [-0.2, 0) is 4.79 Å². The number of hydrogen-bond acceptors (Lipinski definition) is 4. The summed E-state index contributed by atoms with van der Waals surface area (Å²) in [4.78, 5) is 22.2. The summed E-state index contributed by atoms with van der Waals surface area (Å²) in [6.45, 7) is 3.86. The number of aryl methyl sites for hydroxylation is 2. The van der Waals surface area contributed by atoms with Crippen molar-refractivity contribution in [3.05, 3.63) is 63.7 Å². The van der Waals surface area contributed by atoms with E-state index in [4.69, 9.17) is 12.2 Å². The van der Waals surface area contributed by atoms with Crippen molar-refractivity contribution in [2.24, 2.45) is 0 Å². The highest BCUT2D eigenvalue weighted by Crippen LogP contribution is 2.19. The summed E-state index contributed by atoms with van der Waals surface area (Å²) in [6.07, 6.45) is 0. The molecule has 0 aliphatic rings. The molecule has 0 heterocycles. The Labute approximate surface area is 150 Å². The Morgan fingerprint density at radius 3 is 2.24 bits per heavy atom. The third-order valence-corrected chi connectivity index (χ3v) is 3.74. The first-order valence-corrected chi connectivity index (χ1v) is 7.93. The van der Waals surface area contributed by atoms with Crippen LogP contribution in [0.3, 0.4) is 0 Å². The number of benzene rings is 2. The number of rotatable bonds is 5. The number of nitrogens with one attached hydrogen (secondary N) is 3. The minimum atomic E-state index is -0.474. The van der Waals surface area contributed by atoms with Gasteiger partial charge in [-0.2, -0.15) is 0 Å². The van der Waals surface area contributed by atoms with E-state index in [1.807, 2.05) is 32.0 Å². The van der Waals surface area contributed by atoms with Gasteiger partial charge in [0.1, 0.15) is 0 Å². The van der Waals surface area contributed by atoms with Gasteiger partial charge >= 0.3 is 0 Å². The topological polar surface area (TPSA) is 96.3 Å². The van der Waals surface area contributed by atoms with Crippen molar-refractivity contribution >= 4 is 40.3 Å². The molecule has 0 radical (unpaired) electrons. The van der Waals surface area contributed by atoms with Gasteiger partial charge in [-0.25, -0.2) is 0 Å². The fraction of sp³-hybridized carbons (Fsp3) is 0.176. The standard InChI is InChI=1S/C17H18N4O3S/c1-11-4-3-5-12(2)16(11)20-15(22)10-18-17(25)19-13-6-8-14(9-7-13)21(23)24/h3-9H,10H2,1-2H3,(H,20,22)(H2,18,19,25). The predicted octanol–water partition coefficient (Wildman–Crippen LogP) is 3.14. The van der Waals surface area contributed by atoms with Crippen molar-refractivity contribution in [3.63, 3.8) is 0 Å². The zero-order valence-electron chi connectivity index (χ0n) is 13.8. The zero-order valence-corrected chi connectivity index (χ0v) is 14.6. The molecule has 0 fully saturated rings. The van der Waals surface area contributed by atoms with Gasteiger partial charge in [0, 0.05) is 23.5 Å². The van der Waals surface area contributed by atoms with Crippen LogP contribution in [0.25, 0.3) is 0 Å². The Morgan fingerprint density at radius 1 is 1.08 bits per heavy atom. The van der Waals surface area contributed by atoms with E-state index in [0.717, 1.165) is 16.8 Å². The van der Waals surface area contributed by atoms with Crippen LogP contribution in [0.4, 0.5) is 17.1 Å². The molecule has 1 amide bonds. The Hall–Kier alpha value is -3.00. The molecule has 0 bridgehead atoms. The lowest BCUT2D eigenvalue weighted by Gasteiger charge is -2.13. The largest absolute Gasteiger partial charge is 0.353 e. The van der Waals surface area contributed by atoms with Gasteiger partial charge in [0.05, 0.1) is 11.5 Å². The zero-order chi connectivity index (χ0) is 18.4. The van der Waals surface area contributed by atoms with Crippen LogP contribution >= 0.6 is 12.2 Å². The van der Waals surface area contributed by atoms with Crippen LogP contribution in [0.2, 0.25) is 0 Å². The molecule has 0 saturated carbocycles. The van der Waals surface area contributed by atoms with E-state index in [2.05, 4.69) is 16.0 Å². The van der Waals surface area contributed by atoms with E-state index < -0.39 is 4.92 Å². The van der Waals surface area contributed by atoms with Gasteiger partial charge in [0.15, 0.2) is 5.11 Å². The summed E-state index contributed by atoms with van der Waals surface area (Å²) in [6, 6.07) is 11.6. The molecule has 0 atom stereocenters. The molecule has 8 heteroatoms. The average molecular weight is 358 g/mol. The number of thiocarbonyl (C=S) groups is 1. The van der Waals surface area contributed by atoms with E-state index >= 15 is 0 Å². The summed E-state index contributed by atoms with van der Waals surface area (Å²) >= 11 is 5.12. The predicted molar refractivity (Wildman–Crippen MR) is 102 cm³/mol. The summed E-state index contributed by atoms with van der Waals surface area (Å²) in [5.41, 5.74) is 3.36. The number of para-hydroxylation sites is 1. The number of non-ortho nitro benzene ring substituents is 1. The highest BCUT2D eigenvalue weighted by atomic mass is 32.1. The van der Waals surface area contributed by atoms with Gasteiger partial charge in [0.2, 0.25) is 5.91 Å². The number of anilines is 2. The lowest BCUT2D eigenvalue weighted by atomic mass is 10.1. The maximum atomic E-state index is 12.1. The lowest BCUT2D eigenvalue weighted by Crippen LogP contribution is -2.35. The number of carbonyl (C=O) groups excluding carboxylic acids is 1. The van der Waals surface area contributed by atoms with E-state index in [1.54, 1.807) is 12.1 Å². The van der Waals surface area contributed by atoms with Crippen molar-refractivity contribution in [1.82, 2.24) is 5.32 Å². The lowest BCUT2D eigenvalue weighted by molar-refractivity contribution is -0.384. The third kappa shape index (κ3) is 5.25. The second kappa shape index (κ2) is 8.20. The number of nitrogens with zero attached hydrogens (tertiary/aromatic N) is 1. The molecule has 2 rings (SSSR count). The second-order valence-corrected chi connectivity index (χ2v) is 5.83. The summed E-state index contributed by atoms with van der Waals surface area (Å²) in [5, 5.41) is 19.4. The molecule has 7 nitrogen and oxygen atoms in total. The SMILES string of the molecule is Cc1cccc(C)c1NC(=O)CNC(=S)Nc1ccc([N+](=O)[O-])cc1. The van der Waals surface area contributed by atoms with E-state index in [0.29, 0.717) is 5.69 Å². The molecule has 2 aromatic rings. The molecule has 3 N–H and O–H groups in total. The molecule has 0 aliphatic heterocycles. The van der Waals surface area contributed by atoms with E-state index in [1.165, 1.54) is 12.1 Å². The number of nitro groups is 1. The molecule has 0 aromatic heterocycles. The molecule has 0 unspecified atom stereocenters. The van der Waals surface area contributed by atoms with Crippen molar-refractivity contribution in [1.29, 1.82) is 0 Å². The minimum absolute atomic E-state index is 0.00240. The first kappa shape index (κ1) is 18.3. The van der Waals surface area contributed by atoms with Gasteiger partial charge in [-0.3, -0.25) is 14.9 Å². The van der Waals surface area contributed by atoms with Crippen LogP contribution in [0, 0.1) is 24.0 Å². The van der Waals surface area contributed by atoms with Crippen LogP contribution in [0.15, 0.2) is 42.5 Å². The molecular weight excluding hydrogens is 340 g/mol. The fourth-order valence-electron chi connectivity index (χ4n) is 2.20. The van der Waals surface area contributed by atoms with Gasteiger partial charge in [-0.1, -0.05) is 18.2 Å². The highest BCUT2D eigenvalue weighted by molar-refractivity contribution is 7.80. The highest BCUT2D eigenvalue weighted by Gasteiger charge is 2.08. The second-order valence-electron chi connectivity index (χ2n) is 5.43. The maximum Gasteiger partial charge on any atom is 0.269 e. The third-order valence-electron chi connectivity index (χ3n) is 3.49. The van der Waals surface area contributed by atoms with Crippen molar-refractivity contribution in [3.8, 4) is 0 Å². The summed E-state index contributed by atoms with van der Waals surface area (Å²) in [7, 11) is 0. The molecule has 0 aliphatic carbocycles. The first-order chi connectivity index (χ1) is 11.9. The van der Waals surface area contributed by atoms with Crippen LogP contribution in [0.5, 0.6) is 0 Å². The Kier molecular flexibility index (Phi) is 6.02. The van der Waals surface area contributed by atoms with E-state index in [-0.39, 0.29) is 23.3 Å². The Balaban J connectivity index is 1.85. The summed E-state index contributed by atoms with van der Waals surface area (Å²) in [5.74, 6) is -0.217. The maximum absolute atomic E-state index is 12.1. The van der Waals surface area contributed by atoms with Crippen LogP contribution in [0.1, 0.15) is 11.1 Å². The molecular formula is C17H18N4O3S. The van der Waals surface area contributed by atoms with Crippen molar-refractivity contribution in [2.45, 2.75) is 13.8 Å². The van der Waals surface area contributed by atoms with Crippen LogP contribution in [-0.4, -0.2) is 22.5 Å². The minimum Gasteiger partial charge on any atom is -0.353 e. The van der Waals surface area contributed by atoms with Crippen molar-refractivity contribution < 1.29 is 9.72 Å². The normalized spacial score (nSPS) is 10.0. The smallest absolute Gasteiger partial charge is 0.269 e. The summed E-state index contributed by atoms with van der Waals surface area (Å²) < 4.78 is 0. The number of hydrogen-bond donors (Lipinski definition) is 3. The number of carbonyl (C=O) groups is 1. The molecule has 130 valence electrons.